The van der Waals surface area contributed by atoms with E-state index < -0.39 is 0 Å². The number of aryl methyl sites for hydroxylation is 1. The number of methoxy groups -OCH3 is 2. The van der Waals surface area contributed by atoms with Crippen molar-refractivity contribution in [2.45, 2.75) is 26.2 Å². The fourth-order valence-electron chi connectivity index (χ4n) is 3.65. The highest BCUT2D eigenvalue weighted by Crippen LogP contribution is 2.42. The molecule has 0 radical (unpaired) electrons. The molecule has 0 fully saturated rings. The molecular formula is C24H31N3O3. The Morgan fingerprint density at radius 2 is 1.73 bits per heavy atom. The molecule has 0 saturated carbocycles. The maximum Gasteiger partial charge on any atom is 0.258 e. The summed E-state index contributed by atoms with van der Waals surface area (Å²) in [6.45, 7) is 3.12. The van der Waals surface area contributed by atoms with Crippen LogP contribution in [0.4, 0.5) is 11.4 Å². The van der Waals surface area contributed by atoms with Gasteiger partial charge < -0.3 is 25.0 Å². The zero-order valence-corrected chi connectivity index (χ0v) is 18.5. The molecule has 0 spiro atoms. The number of ether oxygens (including phenoxy) is 2. The minimum Gasteiger partial charge on any atom is -0.493 e. The molecule has 1 heterocycles. The molecule has 6 nitrogen and oxygen atoms in total. The topological polar surface area (TPSA) is 62.8 Å². The van der Waals surface area contributed by atoms with Crippen LogP contribution in [0.2, 0.25) is 0 Å². The summed E-state index contributed by atoms with van der Waals surface area (Å²) in [5, 5.41) is 6.39. The van der Waals surface area contributed by atoms with Gasteiger partial charge >= 0.3 is 0 Å². The SMILES string of the molecule is CCC(Nc1ccc(CCCN(C)C)cc1)=C1C(=O)Nc2cc(OC)c(OC)cc21. The Morgan fingerprint density at radius 1 is 1.07 bits per heavy atom. The second-order valence-electron chi connectivity index (χ2n) is 7.64. The molecule has 0 bridgehead atoms. The molecule has 0 atom stereocenters. The number of rotatable bonds is 9. The molecule has 2 N–H and O–H groups in total. The third-order valence-electron chi connectivity index (χ3n) is 5.24. The highest BCUT2D eigenvalue weighted by atomic mass is 16.5. The van der Waals surface area contributed by atoms with Gasteiger partial charge in [-0.1, -0.05) is 19.1 Å². The van der Waals surface area contributed by atoms with Gasteiger partial charge in [-0.2, -0.15) is 0 Å². The Labute approximate surface area is 178 Å². The number of hydrogen-bond acceptors (Lipinski definition) is 5. The molecule has 0 unspecified atom stereocenters. The number of hydrogen-bond donors (Lipinski definition) is 2. The summed E-state index contributed by atoms with van der Waals surface area (Å²) in [4.78, 5) is 15.0. The van der Waals surface area contributed by atoms with Crippen LogP contribution in [-0.2, 0) is 11.2 Å². The lowest BCUT2D eigenvalue weighted by Gasteiger charge is -2.14. The molecule has 2 aromatic rings. The fourth-order valence-corrected chi connectivity index (χ4v) is 3.65. The van der Waals surface area contributed by atoms with Crippen molar-refractivity contribution in [2.24, 2.45) is 0 Å². The zero-order chi connectivity index (χ0) is 21.7. The summed E-state index contributed by atoms with van der Waals surface area (Å²) in [5.41, 5.74) is 5.35. The zero-order valence-electron chi connectivity index (χ0n) is 18.5. The summed E-state index contributed by atoms with van der Waals surface area (Å²) >= 11 is 0. The number of nitrogens with zero attached hydrogens (tertiary/aromatic N) is 1. The number of carbonyl (C=O) groups excluding carboxylic acids is 1. The first-order chi connectivity index (χ1) is 14.5. The average Bonchev–Trinajstić information content (AvgIpc) is 3.06. The molecule has 3 rings (SSSR count). The van der Waals surface area contributed by atoms with E-state index in [1.807, 2.05) is 13.0 Å². The molecule has 0 aromatic heterocycles. The van der Waals surface area contributed by atoms with Gasteiger partial charge in [0.15, 0.2) is 11.5 Å². The molecule has 0 aliphatic carbocycles. The van der Waals surface area contributed by atoms with E-state index in [1.54, 1.807) is 20.3 Å². The first kappa shape index (κ1) is 21.7. The number of anilines is 2. The Bertz CT molecular complexity index is 933. The summed E-state index contributed by atoms with van der Waals surface area (Å²) in [6.07, 6.45) is 2.88. The number of fused-ring (bicyclic) bond motifs is 1. The maximum atomic E-state index is 12.8. The van der Waals surface area contributed by atoms with E-state index in [0.29, 0.717) is 23.5 Å². The highest BCUT2D eigenvalue weighted by molar-refractivity contribution is 6.32. The third kappa shape index (κ3) is 4.76. The van der Waals surface area contributed by atoms with Crippen molar-refractivity contribution in [1.82, 2.24) is 4.90 Å². The van der Waals surface area contributed by atoms with E-state index in [9.17, 15) is 4.79 Å². The molecule has 1 aliphatic rings. The standard InChI is InChI=1S/C24H31N3O3/c1-6-19(25-17-11-9-16(10-12-17)8-7-13-27(2)3)23-18-14-21(29-4)22(30-5)15-20(18)26-24(23)28/h9-12,14-15,25H,6-8,13H2,1-5H3,(H,26,28). The summed E-state index contributed by atoms with van der Waals surface area (Å²) in [5.74, 6) is 1.07. The van der Waals surface area contributed by atoms with Gasteiger partial charge in [-0.3, -0.25) is 4.79 Å². The number of amides is 1. The Kier molecular flexibility index (Phi) is 7.00. The normalized spacial score (nSPS) is 14.4. The van der Waals surface area contributed by atoms with E-state index in [0.717, 1.165) is 42.0 Å². The summed E-state index contributed by atoms with van der Waals surface area (Å²) in [7, 11) is 7.36. The quantitative estimate of drug-likeness (QED) is 0.602. The molecule has 2 aromatic carbocycles. The predicted octanol–water partition coefficient (Wildman–Crippen LogP) is 4.38. The summed E-state index contributed by atoms with van der Waals surface area (Å²) < 4.78 is 10.8. The van der Waals surface area contributed by atoms with Gasteiger partial charge in [0.2, 0.25) is 0 Å². The third-order valence-corrected chi connectivity index (χ3v) is 5.24. The molecule has 1 amide bonds. The van der Waals surface area contributed by atoms with Gasteiger partial charge in [0, 0.05) is 23.0 Å². The van der Waals surface area contributed by atoms with Crippen molar-refractivity contribution >= 4 is 22.9 Å². The minimum atomic E-state index is -0.120. The van der Waals surface area contributed by atoms with Crippen LogP contribution < -0.4 is 20.1 Å². The second kappa shape index (κ2) is 9.67. The van der Waals surface area contributed by atoms with Crippen LogP contribution in [-0.4, -0.2) is 45.7 Å². The number of carbonyl (C=O) groups is 1. The summed E-state index contributed by atoms with van der Waals surface area (Å²) in [6, 6.07) is 12.1. The van der Waals surface area contributed by atoms with Crippen LogP contribution >= 0.6 is 0 Å². The largest absolute Gasteiger partial charge is 0.493 e. The van der Waals surface area contributed by atoms with Crippen LogP contribution in [0.25, 0.3) is 5.57 Å². The lowest BCUT2D eigenvalue weighted by atomic mass is 10.0. The van der Waals surface area contributed by atoms with Gasteiger partial charge in [0.05, 0.1) is 25.5 Å². The van der Waals surface area contributed by atoms with Crippen molar-refractivity contribution < 1.29 is 14.3 Å². The van der Waals surface area contributed by atoms with Crippen molar-refractivity contribution in [3.8, 4) is 11.5 Å². The molecule has 0 saturated heterocycles. The molecule has 30 heavy (non-hydrogen) atoms. The van der Waals surface area contributed by atoms with E-state index in [1.165, 1.54) is 5.56 Å². The first-order valence-corrected chi connectivity index (χ1v) is 10.3. The second-order valence-corrected chi connectivity index (χ2v) is 7.64. The molecule has 1 aliphatic heterocycles. The van der Waals surface area contributed by atoms with Gasteiger partial charge in [0.1, 0.15) is 0 Å². The van der Waals surface area contributed by atoms with Crippen molar-refractivity contribution in [3.63, 3.8) is 0 Å². The molecule has 160 valence electrons. The predicted molar refractivity (Wildman–Crippen MR) is 122 cm³/mol. The smallest absolute Gasteiger partial charge is 0.258 e. The maximum absolute atomic E-state index is 12.8. The van der Waals surface area contributed by atoms with Crippen LogP contribution in [0.15, 0.2) is 42.1 Å². The highest BCUT2D eigenvalue weighted by Gasteiger charge is 2.29. The van der Waals surface area contributed by atoms with Gasteiger partial charge in [-0.05, 0) is 63.7 Å². The molecule has 6 heteroatoms. The fraction of sp³-hybridized carbons (Fsp3) is 0.375. The van der Waals surface area contributed by atoms with E-state index >= 15 is 0 Å². The van der Waals surface area contributed by atoms with Crippen molar-refractivity contribution in [2.75, 3.05) is 45.5 Å². The van der Waals surface area contributed by atoms with Crippen LogP contribution in [0.1, 0.15) is 30.9 Å². The van der Waals surface area contributed by atoms with E-state index in [2.05, 4.69) is 53.9 Å². The average molecular weight is 410 g/mol. The van der Waals surface area contributed by atoms with Crippen LogP contribution in [0.3, 0.4) is 0 Å². The van der Waals surface area contributed by atoms with Crippen molar-refractivity contribution in [1.29, 1.82) is 0 Å². The minimum absolute atomic E-state index is 0.120. The van der Waals surface area contributed by atoms with Gasteiger partial charge in [0.25, 0.3) is 5.91 Å². The van der Waals surface area contributed by atoms with E-state index in [4.69, 9.17) is 9.47 Å². The first-order valence-electron chi connectivity index (χ1n) is 10.3. The Morgan fingerprint density at radius 3 is 2.33 bits per heavy atom. The van der Waals surface area contributed by atoms with E-state index in [-0.39, 0.29) is 5.91 Å². The van der Waals surface area contributed by atoms with Gasteiger partial charge in [-0.25, -0.2) is 0 Å². The lowest BCUT2D eigenvalue weighted by Crippen LogP contribution is -2.13. The number of nitrogens with one attached hydrogen (secondary N) is 2. The lowest BCUT2D eigenvalue weighted by molar-refractivity contribution is -0.110. The number of allylic oxidation sites excluding steroid dienone is 1. The Hall–Kier alpha value is -2.99. The van der Waals surface area contributed by atoms with Crippen molar-refractivity contribution in [3.05, 3.63) is 53.2 Å². The van der Waals surface area contributed by atoms with Crippen LogP contribution in [0.5, 0.6) is 11.5 Å². The molecular weight excluding hydrogens is 378 g/mol. The van der Waals surface area contributed by atoms with Crippen LogP contribution in [0, 0.1) is 0 Å². The van der Waals surface area contributed by atoms with Gasteiger partial charge in [-0.15, -0.1) is 0 Å². The Balaban J connectivity index is 1.84. The number of benzene rings is 2. The monoisotopic (exact) mass is 409 g/mol.